The van der Waals surface area contributed by atoms with Gasteiger partial charge in [-0.2, -0.15) is 13.3 Å². The molecule has 3 heterocycles. The Balaban J connectivity index is 0.00000210. The largest absolute Gasteiger partial charge is 1.00 e. The first-order valence-electron chi connectivity index (χ1n) is 8.72. The number of rotatable bonds is 2. The van der Waals surface area contributed by atoms with Gasteiger partial charge in [0.25, 0.3) is 0 Å². The van der Waals surface area contributed by atoms with Crippen molar-refractivity contribution >= 4 is 22.5 Å². The molecule has 3 aromatic rings. The van der Waals surface area contributed by atoms with Crippen molar-refractivity contribution in [3.05, 3.63) is 41.6 Å². The maximum Gasteiger partial charge on any atom is 1.00 e. The zero-order valence-corrected chi connectivity index (χ0v) is 18.1. The van der Waals surface area contributed by atoms with Crippen molar-refractivity contribution in [3.63, 3.8) is 0 Å². The van der Waals surface area contributed by atoms with Crippen LogP contribution in [0.25, 0.3) is 22.2 Å². The van der Waals surface area contributed by atoms with Crippen LogP contribution in [-0.4, -0.2) is 33.1 Å². The average Bonchev–Trinajstić information content (AvgIpc) is 3.05. The van der Waals surface area contributed by atoms with Gasteiger partial charge in [-0.05, 0) is 38.1 Å². The SMILES string of the molecule is Cc1ccc(O)c(C)c1-c1nc(N2CC[C-](C)C2)cc2c(N)ncnc12.[Os+]. The fourth-order valence-corrected chi connectivity index (χ4v) is 3.61. The van der Waals surface area contributed by atoms with E-state index in [1.54, 1.807) is 6.07 Å². The zero-order chi connectivity index (χ0) is 18.4. The predicted molar refractivity (Wildman–Crippen MR) is 104 cm³/mol. The Morgan fingerprint density at radius 3 is 2.70 bits per heavy atom. The Hall–Kier alpha value is -2.25. The standard InChI is InChI=1S/C20H22N5O.Os/c1-11-6-7-25(9-11)16-8-14-18(22-10-23-20(14)21)19(24-16)17-12(2)4-5-15(26)13(17)3;/h4-5,8,10,26H,6-7,9H2,1-3H3,(H2,21,22,23);/q-1;+1. The molecule has 1 fully saturated rings. The van der Waals surface area contributed by atoms with Crippen molar-refractivity contribution in [2.45, 2.75) is 27.2 Å². The number of benzene rings is 1. The van der Waals surface area contributed by atoms with Crippen LogP contribution >= 0.6 is 0 Å². The number of nitrogens with two attached hydrogens (primary N) is 1. The van der Waals surface area contributed by atoms with Crippen molar-refractivity contribution in [2.24, 2.45) is 0 Å². The van der Waals surface area contributed by atoms with E-state index in [9.17, 15) is 5.11 Å². The van der Waals surface area contributed by atoms with Gasteiger partial charge < -0.3 is 15.7 Å². The van der Waals surface area contributed by atoms with Gasteiger partial charge in [-0.25, -0.2) is 15.0 Å². The summed E-state index contributed by atoms with van der Waals surface area (Å²) in [5.41, 5.74) is 10.3. The minimum absolute atomic E-state index is 0. The number of nitrogen functional groups attached to an aromatic ring is 1. The number of nitrogens with zero attached hydrogens (tertiary/aromatic N) is 4. The third-order valence-electron chi connectivity index (χ3n) is 5.11. The third kappa shape index (κ3) is 3.37. The van der Waals surface area contributed by atoms with Crippen LogP contribution in [0.15, 0.2) is 24.5 Å². The Bertz CT molecular complexity index is 1010. The number of fused-ring (bicyclic) bond motifs is 1. The number of hydrogen-bond acceptors (Lipinski definition) is 6. The molecule has 0 atom stereocenters. The number of aromatic nitrogens is 3. The summed E-state index contributed by atoms with van der Waals surface area (Å²) in [4.78, 5) is 15.8. The van der Waals surface area contributed by atoms with Crippen LogP contribution < -0.4 is 10.6 Å². The van der Waals surface area contributed by atoms with Crippen LogP contribution in [0.5, 0.6) is 5.75 Å². The molecule has 0 bridgehead atoms. The third-order valence-corrected chi connectivity index (χ3v) is 5.11. The van der Waals surface area contributed by atoms with Gasteiger partial charge in [0.1, 0.15) is 29.2 Å². The van der Waals surface area contributed by atoms with E-state index in [0.29, 0.717) is 11.3 Å². The molecule has 1 radical (unpaired) electrons. The van der Waals surface area contributed by atoms with Gasteiger partial charge in [0.15, 0.2) is 0 Å². The number of aryl methyl sites for hydroxylation is 1. The molecule has 0 amide bonds. The van der Waals surface area contributed by atoms with Gasteiger partial charge >= 0.3 is 19.8 Å². The van der Waals surface area contributed by atoms with Crippen molar-refractivity contribution in [2.75, 3.05) is 23.7 Å². The summed E-state index contributed by atoms with van der Waals surface area (Å²) in [6.45, 7) is 7.92. The van der Waals surface area contributed by atoms with Crippen molar-refractivity contribution in [1.29, 1.82) is 0 Å². The van der Waals surface area contributed by atoms with Crippen LogP contribution in [0.2, 0.25) is 0 Å². The molecule has 2 aromatic heterocycles. The van der Waals surface area contributed by atoms with Gasteiger partial charge in [-0.3, -0.25) is 5.92 Å². The molecule has 3 N–H and O–H groups in total. The first-order chi connectivity index (χ1) is 12.5. The fraction of sp³-hybridized carbons (Fsp3) is 0.300. The van der Waals surface area contributed by atoms with Gasteiger partial charge in [0, 0.05) is 16.5 Å². The van der Waals surface area contributed by atoms with Crippen molar-refractivity contribution in [1.82, 2.24) is 15.0 Å². The van der Waals surface area contributed by atoms with Crippen molar-refractivity contribution in [3.8, 4) is 17.0 Å². The maximum absolute atomic E-state index is 10.2. The minimum atomic E-state index is 0. The summed E-state index contributed by atoms with van der Waals surface area (Å²) >= 11 is 0. The summed E-state index contributed by atoms with van der Waals surface area (Å²) in [7, 11) is 0. The maximum atomic E-state index is 10.2. The van der Waals surface area contributed by atoms with E-state index in [-0.39, 0.29) is 25.5 Å². The topological polar surface area (TPSA) is 88.2 Å². The number of hydrogen-bond donors (Lipinski definition) is 2. The predicted octanol–water partition coefficient (Wildman–Crippen LogP) is 3.40. The second-order valence-corrected chi connectivity index (χ2v) is 7.01. The van der Waals surface area contributed by atoms with E-state index in [2.05, 4.69) is 21.8 Å². The van der Waals surface area contributed by atoms with Crippen LogP contribution in [0.3, 0.4) is 0 Å². The van der Waals surface area contributed by atoms with Crippen LogP contribution in [-0.2, 0) is 19.8 Å². The summed E-state index contributed by atoms with van der Waals surface area (Å²) in [6.07, 6.45) is 2.53. The molecule has 141 valence electrons. The molecule has 6 nitrogen and oxygen atoms in total. The Kier molecular flexibility index (Phi) is 5.35. The molecule has 0 unspecified atom stereocenters. The Labute approximate surface area is 171 Å². The molecule has 4 rings (SSSR count). The number of phenols is 1. The van der Waals surface area contributed by atoms with E-state index in [4.69, 9.17) is 10.7 Å². The van der Waals surface area contributed by atoms with E-state index in [1.165, 1.54) is 12.2 Å². The number of phenolic OH excluding ortho intramolecular Hbond substituents is 1. The molecule has 1 aliphatic heterocycles. The summed E-state index contributed by atoms with van der Waals surface area (Å²) in [5.74, 6) is 3.00. The van der Waals surface area contributed by atoms with Gasteiger partial charge in [0.2, 0.25) is 0 Å². The van der Waals surface area contributed by atoms with Gasteiger partial charge in [-0.15, -0.1) is 6.54 Å². The van der Waals surface area contributed by atoms with Crippen LogP contribution in [0.4, 0.5) is 11.6 Å². The molecule has 0 spiro atoms. The smallest absolute Gasteiger partial charge is 0.508 e. The average molecular weight is 539 g/mol. The summed E-state index contributed by atoms with van der Waals surface area (Å²) in [6, 6.07) is 5.58. The van der Waals surface area contributed by atoms with Crippen LogP contribution in [0, 0.1) is 19.8 Å². The zero-order valence-electron chi connectivity index (χ0n) is 15.6. The molecule has 1 aliphatic rings. The summed E-state index contributed by atoms with van der Waals surface area (Å²) < 4.78 is 0. The molecule has 27 heavy (non-hydrogen) atoms. The van der Waals surface area contributed by atoms with E-state index in [1.807, 2.05) is 26.0 Å². The minimum Gasteiger partial charge on any atom is -0.508 e. The normalized spacial score (nSPS) is 14.6. The molecule has 7 heteroatoms. The first kappa shape index (κ1) is 19.5. The molecular formula is C20H22N5OOs. The van der Waals surface area contributed by atoms with Gasteiger partial charge in [0.05, 0.1) is 5.69 Å². The Morgan fingerprint density at radius 1 is 1.22 bits per heavy atom. The number of aromatic hydroxyl groups is 1. The fourth-order valence-electron chi connectivity index (χ4n) is 3.61. The van der Waals surface area contributed by atoms with Crippen LogP contribution in [0.1, 0.15) is 24.5 Å². The Morgan fingerprint density at radius 2 is 2.00 bits per heavy atom. The van der Waals surface area contributed by atoms with E-state index < -0.39 is 0 Å². The number of pyridine rings is 1. The molecular weight excluding hydrogens is 516 g/mol. The van der Waals surface area contributed by atoms with E-state index in [0.717, 1.165) is 53.1 Å². The molecule has 1 aromatic carbocycles. The monoisotopic (exact) mass is 540 g/mol. The molecule has 1 saturated heterocycles. The second kappa shape index (κ2) is 7.40. The molecule has 0 saturated carbocycles. The second-order valence-electron chi connectivity index (χ2n) is 7.01. The van der Waals surface area contributed by atoms with Crippen molar-refractivity contribution < 1.29 is 24.9 Å². The van der Waals surface area contributed by atoms with Gasteiger partial charge in [-0.1, -0.05) is 6.07 Å². The summed E-state index contributed by atoms with van der Waals surface area (Å²) in [5, 5.41) is 11.0. The number of anilines is 2. The first-order valence-corrected chi connectivity index (χ1v) is 8.72. The van der Waals surface area contributed by atoms with E-state index >= 15 is 0 Å². The quantitative estimate of drug-likeness (QED) is 0.487. The molecule has 0 aliphatic carbocycles.